The smallest absolute Gasteiger partial charge is 0.272 e. The zero-order valence-corrected chi connectivity index (χ0v) is 17.6. The van der Waals surface area contributed by atoms with Gasteiger partial charge in [-0.1, -0.05) is 11.6 Å². The van der Waals surface area contributed by atoms with E-state index in [-0.39, 0.29) is 30.1 Å². The Morgan fingerprint density at radius 3 is 2.97 bits per heavy atom. The summed E-state index contributed by atoms with van der Waals surface area (Å²) in [6, 6.07) is 0.818. The minimum Gasteiger partial charge on any atom is -0.477 e. The SMILES string of the molecule is CCOc1nc(Nc2cnn(C3CN(C4COC4)CCC3(F)F)c2Cl)nc2[nH]ccc12. The molecule has 2 N–H and O–H groups in total. The molecule has 2 aliphatic rings. The highest BCUT2D eigenvalue weighted by molar-refractivity contribution is 6.32. The molecule has 0 amide bonds. The molecule has 0 bridgehead atoms. The maximum absolute atomic E-state index is 14.8. The summed E-state index contributed by atoms with van der Waals surface area (Å²) in [5.74, 6) is -2.28. The number of anilines is 2. The third-order valence-electron chi connectivity index (χ3n) is 5.70. The Kier molecular flexibility index (Phi) is 5.19. The molecule has 0 aliphatic carbocycles. The number of piperidine rings is 1. The Labute approximate surface area is 181 Å². The van der Waals surface area contributed by atoms with Crippen molar-refractivity contribution in [3.8, 4) is 5.88 Å². The third-order valence-corrected chi connectivity index (χ3v) is 6.08. The molecule has 12 heteroatoms. The molecule has 5 heterocycles. The van der Waals surface area contributed by atoms with E-state index < -0.39 is 12.0 Å². The molecule has 3 aromatic rings. The molecule has 0 aromatic carbocycles. The standard InChI is InChI=1S/C19H22ClF2N7O2/c1-2-31-17-12-3-5-23-16(12)26-18(27-17)25-13-7-24-29(15(13)20)14-8-28(11-9-30-10-11)6-4-19(14,21)22/h3,5,7,11,14H,2,4,6,8-10H2,1H3,(H2,23,25,26,27). The largest absolute Gasteiger partial charge is 0.477 e. The maximum atomic E-state index is 14.8. The normalized spacial score (nSPS) is 21.9. The summed E-state index contributed by atoms with van der Waals surface area (Å²) in [4.78, 5) is 13.8. The summed E-state index contributed by atoms with van der Waals surface area (Å²) in [7, 11) is 0. The van der Waals surface area contributed by atoms with Crippen molar-refractivity contribution >= 4 is 34.3 Å². The van der Waals surface area contributed by atoms with Crippen LogP contribution in [0.1, 0.15) is 19.4 Å². The molecule has 9 nitrogen and oxygen atoms in total. The first-order valence-electron chi connectivity index (χ1n) is 10.1. The zero-order chi connectivity index (χ0) is 21.6. The lowest BCUT2D eigenvalue weighted by Crippen LogP contribution is -2.57. The summed E-state index contributed by atoms with van der Waals surface area (Å²) < 4.78 is 41.5. The fourth-order valence-electron chi connectivity index (χ4n) is 3.91. The Morgan fingerprint density at radius 1 is 1.39 bits per heavy atom. The Balaban J connectivity index is 1.41. The number of H-pyrrole nitrogens is 1. The van der Waals surface area contributed by atoms with Gasteiger partial charge in [0, 0.05) is 25.7 Å². The number of nitrogens with one attached hydrogen (secondary N) is 2. The monoisotopic (exact) mass is 453 g/mol. The Bertz CT molecular complexity index is 1080. The highest BCUT2D eigenvalue weighted by Crippen LogP contribution is 2.40. The van der Waals surface area contributed by atoms with E-state index >= 15 is 0 Å². The molecule has 2 fully saturated rings. The lowest BCUT2D eigenvalue weighted by Gasteiger charge is -2.44. The van der Waals surface area contributed by atoms with Crippen LogP contribution in [0.2, 0.25) is 5.15 Å². The van der Waals surface area contributed by atoms with Gasteiger partial charge in [0.05, 0.1) is 43.1 Å². The molecule has 1 unspecified atom stereocenters. The van der Waals surface area contributed by atoms with E-state index in [9.17, 15) is 8.78 Å². The first-order chi connectivity index (χ1) is 15.0. The topological polar surface area (TPSA) is 93.1 Å². The van der Waals surface area contributed by atoms with Crippen LogP contribution >= 0.6 is 11.6 Å². The molecule has 5 rings (SSSR count). The Morgan fingerprint density at radius 2 is 2.23 bits per heavy atom. The van der Waals surface area contributed by atoms with Gasteiger partial charge in [0.15, 0.2) is 5.15 Å². The van der Waals surface area contributed by atoms with Gasteiger partial charge in [-0.3, -0.25) is 4.90 Å². The van der Waals surface area contributed by atoms with Crippen LogP contribution in [-0.2, 0) is 4.74 Å². The van der Waals surface area contributed by atoms with Crippen molar-refractivity contribution in [3.63, 3.8) is 0 Å². The van der Waals surface area contributed by atoms with Gasteiger partial charge in [-0.2, -0.15) is 15.1 Å². The molecule has 166 valence electrons. The number of aromatic amines is 1. The van der Waals surface area contributed by atoms with Crippen LogP contribution in [0, 0.1) is 0 Å². The molecule has 0 saturated carbocycles. The van der Waals surface area contributed by atoms with Crippen LogP contribution < -0.4 is 10.1 Å². The number of nitrogens with zero attached hydrogens (tertiary/aromatic N) is 5. The van der Waals surface area contributed by atoms with E-state index in [4.69, 9.17) is 21.1 Å². The van der Waals surface area contributed by atoms with Crippen LogP contribution in [0.25, 0.3) is 11.0 Å². The van der Waals surface area contributed by atoms with Crippen LogP contribution in [0.3, 0.4) is 0 Å². The average molecular weight is 454 g/mol. The van der Waals surface area contributed by atoms with Crippen molar-refractivity contribution in [2.24, 2.45) is 0 Å². The highest BCUT2D eigenvalue weighted by atomic mass is 35.5. The first-order valence-corrected chi connectivity index (χ1v) is 10.5. The minimum absolute atomic E-state index is 0.0736. The third kappa shape index (κ3) is 3.70. The fourth-order valence-corrected chi connectivity index (χ4v) is 4.17. The van der Waals surface area contributed by atoms with Gasteiger partial charge in [0.1, 0.15) is 11.7 Å². The second-order valence-electron chi connectivity index (χ2n) is 7.66. The molecule has 31 heavy (non-hydrogen) atoms. The second-order valence-corrected chi connectivity index (χ2v) is 8.02. The van der Waals surface area contributed by atoms with E-state index in [1.807, 2.05) is 17.9 Å². The number of aromatic nitrogens is 5. The number of rotatable bonds is 6. The summed E-state index contributed by atoms with van der Waals surface area (Å²) in [6.07, 6.45) is 2.89. The van der Waals surface area contributed by atoms with E-state index in [1.54, 1.807) is 6.20 Å². The van der Waals surface area contributed by atoms with Gasteiger partial charge in [-0.15, -0.1) is 0 Å². The van der Waals surface area contributed by atoms with Crippen molar-refractivity contribution in [2.45, 2.75) is 31.4 Å². The molecule has 0 radical (unpaired) electrons. The van der Waals surface area contributed by atoms with Gasteiger partial charge in [-0.25, -0.2) is 13.5 Å². The number of fused-ring (bicyclic) bond motifs is 1. The number of likely N-dealkylation sites (tertiary alicyclic amines) is 1. The Hall–Kier alpha value is -2.50. The average Bonchev–Trinajstić information content (AvgIpc) is 3.30. The maximum Gasteiger partial charge on any atom is 0.272 e. The molecule has 2 saturated heterocycles. The number of hydrogen-bond donors (Lipinski definition) is 2. The van der Waals surface area contributed by atoms with E-state index in [0.29, 0.717) is 43.6 Å². The molecule has 2 aliphatic heterocycles. The van der Waals surface area contributed by atoms with Gasteiger partial charge >= 0.3 is 0 Å². The van der Waals surface area contributed by atoms with E-state index in [0.717, 1.165) is 5.39 Å². The molecular formula is C19H22ClF2N7O2. The molecular weight excluding hydrogens is 432 g/mol. The number of hydrogen-bond acceptors (Lipinski definition) is 7. The molecule has 1 atom stereocenters. The van der Waals surface area contributed by atoms with Crippen LogP contribution in [0.5, 0.6) is 5.88 Å². The molecule has 3 aromatic heterocycles. The van der Waals surface area contributed by atoms with E-state index in [1.165, 1.54) is 10.9 Å². The lowest BCUT2D eigenvalue weighted by molar-refractivity contribution is -0.140. The van der Waals surface area contributed by atoms with Crippen LogP contribution in [0.4, 0.5) is 20.4 Å². The van der Waals surface area contributed by atoms with Crippen molar-refractivity contribution in [1.82, 2.24) is 29.6 Å². The lowest BCUT2D eigenvalue weighted by atomic mass is 9.99. The minimum atomic E-state index is -2.92. The summed E-state index contributed by atoms with van der Waals surface area (Å²) in [5, 5.41) is 7.97. The fraction of sp³-hybridized carbons (Fsp3) is 0.526. The number of ether oxygens (including phenoxy) is 2. The van der Waals surface area contributed by atoms with Crippen molar-refractivity contribution < 1.29 is 18.3 Å². The molecule has 0 spiro atoms. The predicted octanol–water partition coefficient (Wildman–Crippen LogP) is 3.23. The quantitative estimate of drug-likeness (QED) is 0.591. The number of halogens is 3. The van der Waals surface area contributed by atoms with E-state index in [2.05, 4.69) is 25.4 Å². The first kappa shape index (κ1) is 20.4. The van der Waals surface area contributed by atoms with Crippen molar-refractivity contribution in [3.05, 3.63) is 23.6 Å². The summed E-state index contributed by atoms with van der Waals surface area (Å²) >= 11 is 6.47. The van der Waals surface area contributed by atoms with Crippen LogP contribution in [-0.4, -0.2) is 74.5 Å². The zero-order valence-electron chi connectivity index (χ0n) is 16.8. The summed E-state index contributed by atoms with van der Waals surface area (Å²) in [6.45, 7) is 3.91. The van der Waals surface area contributed by atoms with Crippen molar-refractivity contribution in [2.75, 3.05) is 38.2 Å². The number of alkyl halides is 2. The second kappa shape index (κ2) is 7.88. The van der Waals surface area contributed by atoms with Crippen molar-refractivity contribution in [1.29, 1.82) is 0 Å². The van der Waals surface area contributed by atoms with Crippen LogP contribution in [0.15, 0.2) is 18.5 Å². The van der Waals surface area contributed by atoms with Gasteiger partial charge in [0.25, 0.3) is 5.92 Å². The predicted molar refractivity (Wildman–Crippen MR) is 110 cm³/mol. The van der Waals surface area contributed by atoms with Gasteiger partial charge in [-0.05, 0) is 13.0 Å². The van der Waals surface area contributed by atoms with Gasteiger partial charge in [0.2, 0.25) is 11.8 Å². The summed E-state index contributed by atoms with van der Waals surface area (Å²) in [5.41, 5.74) is 0.927. The van der Waals surface area contributed by atoms with Gasteiger partial charge < -0.3 is 19.8 Å². The highest BCUT2D eigenvalue weighted by Gasteiger charge is 2.48.